The van der Waals surface area contributed by atoms with E-state index in [9.17, 15) is 9.59 Å². The first-order valence-electron chi connectivity index (χ1n) is 14.2. The van der Waals surface area contributed by atoms with Crippen molar-refractivity contribution in [3.05, 3.63) is 115 Å². The topological polar surface area (TPSA) is 130 Å². The summed E-state index contributed by atoms with van der Waals surface area (Å²) >= 11 is 0. The Morgan fingerprint density at radius 1 is 0.841 bits per heavy atom. The molecule has 4 heterocycles. The molecule has 0 spiro atoms. The van der Waals surface area contributed by atoms with Crippen molar-refractivity contribution in [2.75, 3.05) is 36.9 Å². The summed E-state index contributed by atoms with van der Waals surface area (Å²) < 4.78 is 7.25. The summed E-state index contributed by atoms with van der Waals surface area (Å²) in [5.41, 5.74) is 5.64. The van der Waals surface area contributed by atoms with Gasteiger partial charge >= 0.3 is 0 Å². The van der Waals surface area contributed by atoms with Crippen LogP contribution >= 0.6 is 0 Å². The lowest BCUT2D eigenvalue weighted by Gasteiger charge is -2.26. The summed E-state index contributed by atoms with van der Waals surface area (Å²) in [7, 11) is 0. The fourth-order valence-electron chi connectivity index (χ4n) is 5.10. The van der Waals surface area contributed by atoms with Gasteiger partial charge in [-0.1, -0.05) is 24.3 Å². The number of anilines is 3. The molecule has 1 aliphatic heterocycles. The van der Waals surface area contributed by atoms with E-state index in [4.69, 9.17) is 9.72 Å². The minimum Gasteiger partial charge on any atom is -0.378 e. The van der Waals surface area contributed by atoms with Gasteiger partial charge in [-0.3, -0.25) is 9.59 Å². The third-order valence-corrected chi connectivity index (χ3v) is 7.40. The lowest BCUT2D eigenvalue weighted by molar-refractivity contribution is 0.0303. The van der Waals surface area contributed by atoms with Gasteiger partial charge in [-0.05, 0) is 48.5 Å². The number of nitrogens with one attached hydrogen (secondary N) is 3. The normalized spacial score (nSPS) is 13.1. The maximum Gasteiger partial charge on any atom is 0.255 e. The molecule has 3 aromatic carbocycles. The lowest BCUT2D eigenvalue weighted by Crippen LogP contribution is -2.40. The van der Waals surface area contributed by atoms with Crippen LogP contribution in [0.2, 0.25) is 0 Å². The Balaban J connectivity index is 1.09. The van der Waals surface area contributed by atoms with Gasteiger partial charge in [0.25, 0.3) is 11.8 Å². The van der Waals surface area contributed by atoms with Gasteiger partial charge in [-0.15, -0.1) is 0 Å². The van der Waals surface area contributed by atoms with Crippen molar-refractivity contribution >= 4 is 34.7 Å². The van der Waals surface area contributed by atoms with Crippen molar-refractivity contribution < 1.29 is 14.3 Å². The predicted octanol–water partition coefficient (Wildman–Crippen LogP) is 5.25. The van der Waals surface area contributed by atoms with Crippen LogP contribution in [0.4, 0.5) is 17.2 Å². The molecule has 7 rings (SSSR count). The maximum absolute atomic E-state index is 13.0. The minimum absolute atomic E-state index is 0.00603. The quantitative estimate of drug-likeness (QED) is 0.234. The third-order valence-electron chi connectivity index (χ3n) is 7.40. The van der Waals surface area contributed by atoms with Gasteiger partial charge in [-0.2, -0.15) is 0 Å². The van der Waals surface area contributed by atoms with Crippen LogP contribution in [0.3, 0.4) is 0 Å². The molecule has 6 aromatic rings. The summed E-state index contributed by atoms with van der Waals surface area (Å²) in [5, 5.41) is 6.34. The zero-order valence-corrected chi connectivity index (χ0v) is 23.6. The number of carbonyl (C=O) groups excluding carboxylic acids is 2. The van der Waals surface area contributed by atoms with Crippen LogP contribution in [0.1, 0.15) is 20.7 Å². The van der Waals surface area contributed by atoms with Gasteiger partial charge < -0.3 is 29.7 Å². The van der Waals surface area contributed by atoms with Gasteiger partial charge in [0, 0.05) is 77.7 Å². The second-order valence-corrected chi connectivity index (χ2v) is 10.3. The molecule has 2 amide bonds. The molecule has 3 aromatic heterocycles. The molecule has 1 saturated heterocycles. The van der Waals surface area contributed by atoms with Crippen molar-refractivity contribution in [3.8, 4) is 22.6 Å². The van der Waals surface area contributed by atoms with Crippen LogP contribution in [0.25, 0.3) is 28.3 Å². The smallest absolute Gasteiger partial charge is 0.255 e. The van der Waals surface area contributed by atoms with Gasteiger partial charge in [0.05, 0.1) is 18.9 Å². The molecule has 11 nitrogen and oxygen atoms in total. The predicted molar refractivity (Wildman–Crippen MR) is 167 cm³/mol. The molecule has 0 radical (unpaired) electrons. The number of amides is 2. The van der Waals surface area contributed by atoms with E-state index >= 15 is 0 Å². The van der Waals surface area contributed by atoms with E-state index in [1.165, 1.54) is 0 Å². The van der Waals surface area contributed by atoms with E-state index in [-0.39, 0.29) is 11.8 Å². The number of benzene rings is 3. The standard InChI is InChI=1S/C33H28N8O3/c42-32(23-6-4-22(5-7-23)29-34-12-13-35-29)38-27-3-1-2-25(20-27)28-21-41-15-14-36-31(41)30(39-28)37-26-10-8-24(9-11-26)33(43)40-16-18-44-19-17-40/h1-15,20-21H,16-19H2,(H,34,35)(H,37,39)(H,38,42). The highest BCUT2D eigenvalue weighted by Crippen LogP contribution is 2.27. The zero-order valence-electron chi connectivity index (χ0n) is 23.6. The molecule has 11 heteroatoms. The molecule has 44 heavy (non-hydrogen) atoms. The van der Waals surface area contributed by atoms with E-state index in [0.29, 0.717) is 60.3 Å². The molecular formula is C33H28N8O3. The average molecular weight is 585 g/mol. The molecule has 0 atom stereocenters. The van der Waals surface area contributed by atoms with E-state index < -0.39 is 0 Å². The van der Waals surface area contributed by atoms with Crippen LogP contribution in [0.15, 0.2) is 104 Å². The van der Waals surface area contributed by atoms with Crippen LogP contribution < -0.4 is 10.6 Å². The largest absolute Gasteiger partial charge is 0.378 e. The number of aromatic amines is 1. The molecule has 0 unspecified atom stereocenters. The highest BCUT2D eigenvalue weighted by atomic mass is 16.5. The zero-order chi connectivity index (χ0) is 29.9. The Morgan fingerprint density at radius 2 is 1.64 bits per heavy atom. The van der Waals surface area contributed by atoms with Gasteiger partial charge in [0.15, 0.2) is 11.5 Å². The van der Waals surface area contributed by atoms with Crippen LogP contribution in [-0.2, 0) is 4.74 Å². The first-order valence-corrected chi connectivity index (χ1v) is 14.2. The van der Waals surface area contributed by atoms with E-state index in [1.807, 2.05) is 77.5 Å². The number of morpholine rings is 1. The first kappa shape index (κ1) is 27.0. The molecular weight excluding hydrogens is 556 g/mol. The van der Waals surface area contributed by atoms with Crippen molar-refractivity contribution in [1.82, 2.24) is 29.2 Å². The fourth-order valence-corrected chi connectivity index (χ4v) is 5.10. The van der Waals surface area contributed by atoms with Crippen LogP contribution in [0, 0.1) is 0 Å². The Hall–Kier alpha value is -5.81. The van der Waals surface area contributed by atoms with Crippen molar-refractivity contribution in [2.24, 2.45) is 0 Å². The molecule has 1 aliphatic rings. The van der Waals surface area contributed by atoms with E-state index in [2.05, 4.69) is 25.6 Å². The van der Waals surface area contributed by atoms with Crippen LogP contribution in [0.5, 0.6) is 0 Å². The molecule has 3 N–H and O–H groups in total. The second-order valence-electron chi connectivity index (χ2n) is 10.3. The number of rotatable bonds is 7. The number of fused-ring (bicyclic) bond motifs is 1. The molecule has 0 aliphatic carbocycles. The van der Waals surface area contributed by atoms with Crippen molar-refractivity contribution in [1.29, 1.82) is 0 Å². The average Bonchev–Trinajstić information content (AvgIpc) is 3.79. The molecule has 218 valence electrons. The highest BCUT2D eigenvalue weighted by molar-refractivity contribution is 6.04. The van der Waals surface area contributed by atoms with Gasteiger partial charge in [0.2, 0.25) is 0 Å². The number of aromatic nitrogens is 5. The lowest BCUT2D eigenvalue weighted by atomic mass is 10.1. The van der Waals surface area contributed by atoms with E-state index in [0.717, 1.165) is 22.6 Å². The Bertz CT molecular complexity index is 1930. The number of hydrogen-bond acceptors (Lipinski definition) is 7. The first-order chi connectivity index (χ1) is 21.6. The van der Waals surface area contributed by atoms with Crippen molar-refractivity contribution in [2.45, 2.75) is 0 Å². The SMILES string of the molecule is O=C(Nc1cccc(-c2cn3ccnc3c(Nc3ccc(C(=O)N4CCOCC4)cc3)n2)c1)c1ccc(-c2ncc[nH]2)cc1. The number of ether oxygens (including phenoxy) is 1. The number of H-pyrrole nitrogens is 1. The fraction of sp³-hybridized carbons (Fsp3) is 0.121. The Morgan fingerprint density at radius 3 is 2.41 bits per heavy atom. The van der Waals surface area contributed by atoms with Gasteiger partial charge in [0.1, 0.15) is 5.82 Å². The second kappa shape index (κ2) is 11.8. The summed E-state index contributed by atoms with van der Waals surface area (Å²) in [6.07, 6.45) is 8.91. The number of imidazole rings is 2. The molecule has 1 fully saturated rings. The number of nitrogens with zero attached hydrogens (tertiary/aromatic N) is 5. The minimum atomic E-state index is -0.218. The molecule has 0 bridgehead atoms. The number of hydrogen-bond donors (Lipinski definition) is 3. The summed E-state index contributed by atoms with van der Waals surface area (Å²) in [4.78, 5) is 44.3. The highest BCUT2D eigenvalue weighted by Gasteiger charge is 2.18. The Kier molecular flexibility index (Phi) is 7.27. The summed E-state index contributed by atoms with van der Waals surface area (Å²) in [6, 6.07) is 22.1. The summed E-state index contributed by atoms with van der Waals surface area (Å²) in [5.74, 6) is 1.08. The Labute approximate surface area is 252 Å². The summed E-state index contributed by atoms with van der Waals surface area (Å²) in [6.45, 7) is 2.31. The van der Waals surface area contributed by atoms with Gasteiger partial charge in [-0.25, -0.2) is 15.0 Å². The van der Waals surface area contributed by atoms with E-state index in [1.54, 1.807) is 35.6 Å². The van der Waals surface area contributed by atoms with Crippen LogP contribution in [-0.4, -0.2) is 67.4 Å². The monoisotopic (exact) mass is 584 g/mol. The van der Waals surface area contributed by atoms with Crippen molar-refractivity contribution in [3.63, 3.8) is 0 Å². The number of carbonyl (C=O) groups is 2. The third kappa shape index (κ3) is 5.63. The molecule has 0 saturated carbocycles. The maximum atomic E-state index is 13.0.